The molecule has 0 saturated carbocycles. The molecule has 126 valence electrons. The number of aryl methyl sites for hydroxylation is 1. The van der Waals surface area contributed by atoms with Crippen molar-refractivity contribution in [3.05, 3.63) is 83.7 Å². The molecule has 1 heterocycles. The van der Waals surface area contributed by atoms with Crippen LogP contribution in [-0.2, 0) is 13.5 Å². The Morgan fingerprint density at radius 2 is 2.00 bits per heavy atom. The van der Waals surface area contributed by atoms with Gasteiger partial charge in [0, 0.05) is 25.9 Å². The van der Waals surface area contributed by atoms with Crippen molar-refractivity contribution in [1.82, 2.24) is 9.55 Å². The zero-order valence-electron chi connectivity index (χ0n) is 13.7. The lowest BCUT2D eigenvalue weighted by molar-refractivity contribution is 0.0697. The molecule has 0 bridgehead atoms. The summed E-state index contributed by atoms with van der Waals surface area (Å²) in [4.78, 5) is 15.7. The molecule has 0 aliphatic heterocycles. The lowest BCUT2D eigenvalue weighted by Crippen LogP contribution is -2.00. The number of rotatable bonds is 5. The minimum Gasteiger partial charge on any atom is -0.478 e. The SMILES string of the molecule is Cn1ccnc1C/C=C/c1ccc(C(=O)O)c(-c2ccc(F)cc2)c1. The van der Waals surface area contributed by atoms with Crippen LogP contribution in [0.4, 0.5) is 4.39 Å². The van der Waals surface area contributed by atoms with Gasteiger partial charge >= 0.3 is 5.97 Å². The molecule has 4 nitrogen and oxygen atoms in total. The summed E-state index contributed by atoms with van der Waals surface area (Å²) in [5.74, 6) is -0.424. The smallest absolute Gasteiger partial charge is 0.336 e. The normalized spacial score (nSPS) is 11.1. The Kier molecular flexibility index (Phi) is 4.75. The minimum absolute atomic E-state index is 0.188. The number of carboxylic acids is 1. The van der Waals surface area contributed by atoms with Crippen LogP contribution >= 0.6 is 0 Å². The number of benzene rings is 2. The minimum atomic E-state index is -1.01. The second kappa shape index (κ2) is 7.13. The number of hydrogen-bond donors (Lipinski definition) is 1. The van der Waals surface area contributed by atoms with Crippen LogP contribution in [0, 0.1) is 5.82 Å². The molecule has 0 atom stereocenters. The topological polar surface area (TPSA) is 55.1 Å². The largest absolute Gasteiger partial charge is 0.478 e. The number of hydrogen-bond acceptors (Lipinski definition) is 2. The van der Waals surface area contributed by atoms with Gasteiger partial charge in [0.05, 0.1) is 5.56 Å². The molecule has 1 aromatic heterocycles. The maximum atomic E-state index is 13.1. The Hall–Kier alpha value is -3.21. The second-order valence-electron chi connectivity index (χ2n) is 5.68. The molecule has 0 unspecified atom stereocenters. The van der Waals surface area contributed by atoms with Gasteiger partial charge in [0.1, 0.15) is 11.6 Å². The molecule has 3 aromatic rings. The van der Waals surface area contributed by atoms with Gasteiger partial charge in [-0.25, -0.2) is 14.2 Å². The molecule has 0 saturated heterocycles. The molecule has 0 aliphatic rings. The summed E-state index contributed by atoms with van der Waals surface area (Å²) in [6.45, 7) is 0. The third kappa shape index (κ3) is 3.83. The van der Waals surface area contributed by atoms with Crippen LogP contribution in [0.15, 0.2) is 60.9 Å². The second-order valence-corrected chi connectivity index (χ2v) is 5.68. The summed E-state index contributed by atoms with van der Waals surface area (Å²) >= 11 is 0. The van der Waals surface area contributed by atoms with Crippen LogP contribution in [0.1, 0.15) is 21.7 Å². The van der Waals surface area contributed by atoms with Crippen molar-refractivity contribution >= 4 is 12.0 Å². The Morgan fingerprint density at radius 3 is 2.64 bits per heavy atom. The van der Waals surface area contributed by atoms with Crippen LogP contribution in [0.25, 0.3) is 17.2 Å². The number of halogens is 1. The zero-order valence-corrected chi connectivity index (χ0v) is 13.7. The van der Waals surface area contributed by atoms with Gasteiger partial charge in [0.25, 0.3) is 0 Å². The summed E-state index contributed by atoms with van der Waals surface area (Å²) < 4.78 is 15.1. The Morgan fingerprint density at radius 1 is 1.24 bits per heavy atom. The number of nitrogens with zero attached hydrogens (tertiary/aromatic N) is 2. The Balaban J connectivity index is 1.91. The third-order valence-electron chi connectivity index (χ3n) is 3.96. The van der Waals surface area contributed by atoms with Gasteiger partial charge in [-0.05, 0) is 41.0 Å². The molecule has 5 heteroatoms. The van der Waals surface area contributed by atoms with Crippen molar-refractivity contribution in [2.45, 2.75) is 6.42 Å². The molecule has 3 rings (SSSR count). The van der Waals surface area contributed by atoms with Crippen molar-refractivity contribution < 1.29 is 14.3 Å². The summed E-state index contributed by atoms with van der Waals surface area (Å²) in [5.41, 5.74) is 2.29. The number of carbonyl (C=O) groups is 1. The summed E-state index contributed by atoms with van der Waals surface area (Å²) in [6, 6.07) is 10.9. The first-order chi connectivity index (χ1) is 12.0. The van der Waals surface area contributed by atoms with Gasteiger partial charge in [-0.2, -0.15) is 0 Å². The number of aromatic carboxylic acids is 1. The fourth-order valence-corrected chi connectivity index (χ4v) is 2.61. The quantitative estimate of drug-likeness (QED) is 0.760. The molecular formula is C20H17FN2O2. The van der Waals surface area contributed by atoms with Crippen LogP contribution in [0.2, 0.25) is 0 Å². The van der Waals surface area contributed by atoms with Crippen molar-refractivity contribution in [1.29, 1.82) is 0 Å². The van der Waals surface area contributed by atoms with E-state index in [1.165, 1.54) is 12.1 Å². The Bertz CT molecular complexity index is 927. The first-order valence-electron chi connectivity index (χ1n) is 7.80. The number of carboxylic acid groups (broad SMARTS) is 1. The van der Waals surface area contributed by atoms with E-state index in [0.29, 0.717) is 17.5 Å². The highest BCUT2D eigenvalue weighted by Crippen LogP contribution is 2.26. The molecule has 25 heavy (non-hydrogen) atoms. The number of aromatic nitrogens is 2. The fraction of sp³-hybridized carbons (Fsp3) is 0.100. The maximum absolute atomic E-state index is 13.1. The highest BCUT2D eigenvalue weighted by Gasteiger charge is 2.12. The van der Waals surface area contributed by atoms with E-state index in [2.05, 4.69) is 4.98 Å². The first kappa shape index (κ1) is 16.6. The van der Waals surface area contributed by atoms with E-state index >= 15 is 0 Å². The summed E-state index contributed by atoms with van der Waals surface area (Å²) in [6.07, 6.45) is 8.21. The van der Waals surface area contributed by atoms with E-state index in [-0.39, 0.29) is 11.4 Å². The van der Waals surface area contributed by atoms with Crippen LogP contribution < -0.4 is 0 Å². The molecular weight excluding hydrogens is 319 g/mol. The van der Waals surface area contributed by atoms with Crippen molar-refractivity contribution in [2.24, 2.45) is 7.05 Å². The summed E-state index contributed by atoms with van der Waals surface area (Å²) in [7, 11) is 1.93. The standard InChI is InChI=1S/C20H17FN2O2/c1-23-12-11-22-19(23)4-2-3-14-5-10-17(20(24)25)18(13-14)15-6-8-16(21)9-7-15/h2-3,5-13H,4H2,1H3,(H,24,25)/b3-2+. The lowest BCUT2D eigenvalue weighted by atomic mass is 9.97. The van der Waals surface area contributed by atoms with Gasteiger partial charge in [-0.15, -0.1) is 0 Å². The average molecular weight is 336 g/mol. The molecule has 0 fully saturated rings. The highest BCUT2D eigenvalue weighted by molar-refractivity contribution is 5.96. The van der Waals surface area contributed by atoms with Crippen LogP contribution in [0.5, 0.6) is 0 Å². The van der Waals surface area contributed by atoms with Gasteiger partial charge in [-0.1, -0.05) is 30.4 Å². The van der Waals surface area contributed by atoms with E-state index in [9.17, 15) is 14.3 Å². The van der Waals surface area contributed by atoms with Gasteiger partial charge in [0.2, 0.25) is 0 Å². The van der Waals surface area contributed by atoms with Crippen molar-refractivity contribution in [3.63, 3.8) is 0 Å². The van der Waals surface area contributed by atoms with E-state index in [0.717, 1.165) is 11.4 Å². The third-order valence-corrected chi connectivity index (χ3v) is 3.96. The monoisotopic (exact) mass is 336 g/mol. The predicted molar refractivity (Wildman–Crippen MR) is 94.7 cm³/mol. The van der Waals surface area contributed by atoms with E-state index in [1.54, 1.807) is 36.5 Å². The molecule has 2 aromatic carbocycles. The van der Waals surface area contributed by atoms with Gasteiger partial charge in [0.15, 0.2) is 0 Å². The van der Waals surface area contributed by atoms with Gasteiger partial charge < -0.3 is 9.67 Å². The fourth-order valence-electron chi connectivity index (χ4n) is 2.61. The maximum Gasteiger partial charge on any atom is 0.336 e. The van der Waals surface area contributed by atoms with Crippen molar-refractivity contribution in [2.75, 3.05) is 0 Å². The first-order valence-corrected chi connectivity index (χ1v) is 7.80. The molecule has 1 N–H and O–H groups in total. The van der Waals surface area contributed by atoms with Crippen LogP contribution in [-0.4, -0.2) is 20.6 Å². The highest BCUT2D eigenvalue weighted by atomic mass is 19.1. The number of allylic oxidation sites excluding steroid dienone is 1. The number of imidazole rings is 1. The van der Waals surface area contributed by atoms with Gasteiger partial charge in [-0.3, -0.25) is 0 Å². The van der Waals surface area contributed by atoms with Crippen molar-refractivity contribution in [3.8, 4) is 11.1 Å². The molecule has 0 aliphatic carbocycles. The van der Waals surface area contributed by atoms with E-state index in [1.807, 2.05) is 30.0 Å². The van der Waals surface area contributed by atoms with E-state index in [4.69, 9.17) is 0 Å². The zero-order chi connectivity index (χ0) is 17.8. The molecule has 0 spiro atoms. The Labute approximate surface area is 144 Å². The molecule has 0 radical (unpaired) electrons. The summed E-state index contributed by atoms with van der Waals surface area (Å²) in [5, 5.41) is 9.40. The average Bonchev–Trinajstić information content (AvgIpc) is 3.00. The van der Waals surface area contributed by atoms with Crippen LogP contribution in [0.3, 0.4) is 0 Å². The lowest BCUT2D eigenvalue weighted by Gasteiger charge is -2.08. The molecule has 0 amide bonds. The van der Waals surface area contributed by atoms with E-state index < -0.39 is 5.97 Å². The predicted octanol–water partition coefficient (Wildman–Crippen LogP) is 4.18.